The highest BCUT2D eigenvalue weighted by atomic mass is 31.2. The van der Waals surface area contributed by atoms with Crippen LogP contribution in [0.25, 0.3) is 0 Å². The first-order valence-electron chi connectivity index (χ1n) is 20.4. The van der Waals surface area contributed by atoms with E-state index in [1.54, 1.807) is 0 Å². The van der Waals surface area contributed by atoms with Gasteiger partial charge in [0, 0.05) is 26.3 Å². The van der Waals surface area contributed by atoms with Crippen molar-refractivity contribution in [3.05, 3.63) is 0 Å². The third-order valence-electron chi connectivity index (χ3n) is 8.85. The molecular weight excluding hydrogens is 657 g/mol. The molecule has 0 saturated carbocycles. The monoisotopic (exact) mass is 734 g/mol. The molecule has 296 valence electrons. The molecule has 2 N–H and O–H groups in total. The predicted octanol–water partition coefficient (Wildman–Crippen LogP) is 10.7. The summed E-state index contributed by atoms with van der Waals surface area (Å²) in [6.45, 7) is 4.88. The van der Waals surface area contributed by atoms with Crippen LogP contribution in [0.4, 0.5) is 0 Å². The number of carbonyl (C=O) groups is 3. The van der Waals surface area contributed by atoms with Crippen LogP contribution < -0.4 is 5.32 Å². The van der Waals surface area contributed by atoms with Crippen molar-refractivity contribution in [1.82, 2.24) is 5.32 Å². The van der Waals surface area contributed by atoms with Crippen LogP contribution in [0, 0.1) is 0 Å². The van der Waals surface area contributed by atoms with Crippen LogP contribution in [0.3, 0.4) is 0 Å². The maximum Gasteiger partial charge on any atom is 0.472 e. The van der Waals surface area contributed by atoms with Gasteiger partial charge in [-0.15, -0.1) is 0 Å². The van der Waals surface area contributed by atoms with Crippen molar-refractivity contribution in [2.45, 2.75) is 207 Å². The summed E-state index contributed by atoms with van der Waals surface area (Å²) in [5.74, 6) is -1.16. The molecule has 0 fully saturated rings. The highest BCUT2D eigenvalue weighted by Gasteiger charge is 2.26. The van der Waals surface area contributed by atoms with E-state index in [4.69, 9.17) is 18.5 Å². The molecule has 10 nitrogen and oxygen atoms in total. The average molecular weight is 734 g/mol. The van der Waals surface area contributed by atoms with Gasteiger partial charge in [-0.25, -0.2) is 4.57 Å². The zero-order chi connectivity index (χ0) is 37.0. The number of hydrogen-bond acceptors (Lipinski definition) is 8. The summed E-state index contributed by atoms with van der Waals surface area (Å²) in [6, 6.07) is 0. The molecular formula is C39H76NO9P. The van der Waals surface area contributed by atoms with Gasteiger partial charge in [0.25, 0.3) is 0 Å². The van der Waals surface area contributed by atoms with Gasteiger partial charge in [-0.2, -0.15) is 0 Å². The lowest BCUT2D eigenvalue weighted by atomic mass is 10.0. The second-order valence-corrected chi connectivity index (χ2v) is 15.3. The van der Waals surface area contributed by atoms with Crippen LogP contribution in [-0.4, -0.2) is 55.2 Å². The first-order chi connectivity index (χ1) is 24.2. The van der Waals surface area contributed by atoms with Gasteiger partial charge in [0.15, 0.2) is 6.10 Å². The topological polar surface area (TPSA) is 137 Å². The molecule has 0 aliphatic carbocycles. The third-order valence-corrected chi connectivity index (χ3v) is 9.84. The number of ether oxygens (including phenoxy) is 2. The summed E-state index contributed by atoms with van der Waals surface area (Å²) in [5, 5.41) is 2.46. The number of carbonyl (C=O) groups excluding carboxylic acids is 3. The maximum atomic E-state index is 12.6. The quantitative estimate of drug-likeness (QED) is 0.0361. The molecule has 0 rings (SSSR count). The molecule has 1 amide bonds. The van der Waals surface area contributed by atoms with Gasteiger partial charge in [-0.05, 0) is 12.8 Å². The number of rotatable bonds is 38. The Balaban J connectivity index is 4.34. The lowest BCUT2D eigenvalue weighted by molar-refractivity contribution is -0.161. The van der Waals surface area contributed by atoms with E-state index in [0.717, 1.165) is 38.5 Å². The highest BCUT2D eigenvalue weighted by Crippen LogP contribution is 2.43. The zero-order valence-corrected chi connectivity index (χ0v) is 33.3. The van der Waals surface area contributed by atoms with Crippen molar-refractivity contribution in [2.24, 2.45) is 0 Å². The van der Waals surface area contributed by atoms with Crippen molar-refractivity contribution in [1.29, 1.82) is 0 Å². The van der Waals surface area contributed by atoms with Crippen molar-refractivity contribution >= 4 is 25.7 Å². The van der Waals surface area contributed by atoms with Crippen LogP contribution in [0.5, 0.6) is 0 Å². The molecule has 0 aromatic rings. The van der Waals surface area contributed by atoms with Crippen LogP contribution in [0.1, 0.15) is 201 Å². The van der Waals surface area contributed by atoms with E-state index in [9.17, 15) is 23.8 Å². The standard InChI is InChI=1S/C39H76NO9P/c1-4-6-8-10-12-14-16-18-20-22-24-26-28-30-38(42)46-34-37(35-48-50(44,45)47-33-32-40-36(3)41)49-39(43)31-29-27-25-23-21-19-17-15-13-11-9-7-5-2/h37H,4-35H2,1-3H3,(H,40,41)(H,44,45). The van der Waals surface area contributed by atoms with Crippen molar-refractivity contribution < 1.29 is 42.4 Å². The molecule has 0 spiro atoms. The van der Waals surface area contributed by atoms with E-state index in [0.29, 0.717) is 6.42 Å². The summed E-state index contributed by atoms with van der Waals surface area (Å²) >= 11 is 0. The first-order valence-corrected chi connectivity index (χ1v) is 21.9. The second kappa shape index (κ2) is 35.9. The van der Waals surface area contributed by atoms with Crippen molar-refractivity contribution in [2.75, 3.05) is 26.4 Å². The molecule has 11 heteroatoms. The Morgan fingerprint density at radius 3 is 1.34 bits per heavy atom. The molecule has 0 saturated heterocycles. The molecule has 0 radical (unpaired) electrons. The minimum Gasteiger partial charge on any atom is -0.462 e. The summed E-state index contributed by atoms with van der Waals surface area (Å²) < 4.78 is 33.1. The SMILES string of the molecule is CCCCCCCCCCCCCCCC(=O)OCC(COP(=O)(O)OCCNC(C)=O)OC(=O)CCCCCCCCCCCCCCC. The van der Waals surface area contributed by atoms with E-state index in [-0.39, 0.29) is 38.5 Å². The molecule has 0 aromatic carbocycles. The number of esters is 2. The number of phosphoric acid groups is 1. The minimum absolute atomic E-state index is 0.0393. The van der Waals surface area contributed by atoms with Crippen LogP contribution in [0.15, 0.2) is 0 Å². The normalized spacial score (nSPS) is 13.1. The van der Waals surface area contributed by atoms with E-state index < -0.39 is 32.5 Å². The highest BCUT2D eigenvalue weighted by molar-refractivity contribution is 7.47. The molecule has 0 aromatic heterocycles. The largest absolute Gasteiger partial charge is 0.472 e. The number of hydrogen-bond donors (Lipinski definition) is 2. The van der Waals surface area contributed by atoms with E-state index >= 15 is 0 Å². The molecule has 2 unspecified atom stereocenters. The number of nitrogens with one attached hydrogen (secondary N) is 1. The molecule has 50 heavy (non-hydrogen) atoms. The van der Waals surface area contributed by atoms with E-state index in [1.165, 1.54) is 129 Å². The van der Waals surface area contributed by atoms with Gasteiger partial charge in [-0.1, -0.05) is 168 Å². The van der Waals surface area contributed by atoms with Crippen molar-refractivity contribution in [3.63, 3.8) is 0 Å². The fraction of sp³-hybridized carbons (Fsp3) is 0.923. The van der Waals surface area contributed by atoms with Crippen molar-refractivity contribution in [3.8, 4) is 0 Å². The van der Waals surface area contributed by atoms with E-state index in [1.807, 2.05) is 0 Å². The van der Waals surface area contributed by atoms with Gasteiger partial charge < -0.3 is 19.7 Å². The van der Waals surface area contributed by atoms with Crippen LogP contribution in [-0.2, 0) is 37.5 Å². The fourth-order valence-corrected chi connectivity index (χ4v) is 6.55. The van der Waals surface area contributed by atoms with Gasteiger partial charge in [0.1, 0.15) is 6.61 Å². The summed E-state index contributed by atoms with van der Waals surface area (Å²) in [6.07, 6.45) is 30.9. The smallest absolute Gasteiger partial charge is 0.462 e. The molecule has 0 aliphatic heterocycles. The predicted molar refractivity (Wildman–Crippen MR) is 202 cm³/mol. The second-order valence-electron chi connectivity index (χ2n) is 13.9. The lowest BCUT2D eigenvalue weighted by Crippen LogP contribution is -2.30. The molecule has 0 heterocycles. The maximum absolute atomic E-state index is 12.6. The number of unbranched alkanes of at least 4 members (excludes halogenated alkanes) is 24. The van der Waals surface area contributed by atoms with Crippen LogP contribution >= 0.6 is 7.82 Å². The minimum atomic E-state index is -4.48. The summed E-state index contributed by atoms with van der Waals surface area (Å²) in [5.41, 5.74) is 0. The van der Waals surface area contributed by atoms with Crippen LogP contribution in [0.2, 0.25) is 0 Å². The van der Waals surface area contributed by atoms with Gasteiger partial charge in [-0.3, -0.25) is 23.4 Å². The molecule has 0 aliphatic rings. The zero-order valence-electron chi connectivity index (χ0n) is 32.4. The first kappa shape index (κ1) is 48.5. The molecule has 2 atom stereocenters. The third kappa shape index (κ3) is 36.3. The Morgan fingerprint density at radius 1 is 0.560 bits per heavy atom. The Morgan fingerprint density at radius 2 is 0.940 bits per heavy atom. The Labute approximate surface area is 305 Å². The summed E-state index contributed by atoms with van der Waals surface area (Å²) in [4.78, 5) is 46.0. The van der Waals surface area contributed by atoms with Gasteiger partial charge in [0.05, 0.1) is 13.2 Å². The Hall–Kier alpha value is -1.48. The fourth-order valence-electron chi connectivity index (χ4n) is 5.80. The van der Waals surface area contributed by atoms with Gasteiger partial charge >= 0.3 is 19.8 Å². The number of amides is 1. The summed E-state index contributed by atoms with van der Waals surface area (Å²) in [7, 11) is -4.48. The average Bonchev–Trinajstić information content (AvgIpc) is 3.08. The van der Waals surface area contributed by atoms with E-state index in [2.05, 4.69) is 19.2 Å². The number of phosphoric ester groups is 1. The Kier molecular flexibility index (Phi) is 34.8. The Bertz CT molecular complexity index is 857. The lowest BCUT2D eigenvalue weighted by Gasteiger charge is -2.20. The van der Waals surface area contributed by atoms with Gasteiger partial charge in [0.2, 0.25) is 5.91 Å². The molecule has 0 bridgehead atoms.